The first-order valence-corrected chi connectivity index (χ1v) is 5.15. The number of carboxylic acid groups (broad SMARTS) is 2. The van der Waals surface area contributed by atoms with Gasteiger partial charge in [-0.05, 0) is 11.4 Å². The van der Waals surface area contributed by atoms with Crippen LogP contribution in [0.4, 0.5) is 0 Å². The molecule has 1 rings (SSSR count). The van der Waals surface area contributed by atoms with Gasteiger partial charge in [-0.1, -0.05) is 6.07 Å². The Morgan fingerprint density at radius 3 is 2.44 bits per heavy atom. The van der Waals surface area contributed by atoms with Crippen LogP contribution in [0.2, 0.25) is 0 Å². The third-order valence-corrected chi connectivity index (χ3v) is 2.96. The van der Waals surface area contributed by atoms with Crippen LogP contribution >= 0.6 is 11.3 Å². The maximum absolute atomic E-state index is 10.8. The van der Waals surface area contributed by atoms with Crippen LogP contribution in [0.5, 0.6) is 0 Å². The molecule has 1 heterocycles. The molecule has 4 N–H and O–H groups in total. The molecule has 88 valence electrons. The van der Waals surface area contributed by atoms with Crippen LogP contribution in [-0.4, -0.2) is 44.1 Å². The normalized spacial score (nSPS) is 16.4. The fourth-order valence-corrected chi connectivity index (χ4v) is 1.96. The first-order valence-electron chi connectivity index (χ1n) is 4.27. The Bertz CT molecular complexity index is 387. The van der Waals surface area contributed by atoms with Crippen molar-refractivity contribution in [3.8, 4) is 0 Å². The standard InChI is InChI=1S/C9H10O6S/c10-6(7(11)12)9(15,8(13)14)4-5-2-1-3-16-5/h1-3,6,10,15H,4H2,(H,11,12)(H,13,14). The molecule has 0 bridgehead atoms. The average Bonchev–Trinajstić information content (AvgIpc) is 2.68. The summed E-state index contributed by atoms with van der Waals surface area (Å²) >= 11 is 1.17. The summed E-state index contributed by atoms with van der Waals surface area (Å²) in [6.07, 6.45) is -2.82. The topological polar surface area (TPSA) is 115 Å². The van der Waals surface area contributed by atoms with Gasteiger partial charge in [0, 0.05) is 11.3 Å². The van der Waals surface area contributed by atoms with E-state index in [0.29, 0.717) is 4.88 Å². The molecule has 0 fully saturated rings. The third-order valence-electron chi connectivity index (χ3n) is 2.08. The van der Waals surface area contributed by atoms with Gasteiger partial charge >= 0.3 is 11.9 Å². The minimum atomic E-state index is -2.71. The van der Waals surface area contributed by atoms with Gasteiger partial charge in [0.15, 0.2) is 6.10 Å². The van der Waals surface area contributed by atoms with E-state index in [2.05, 4.69) is 0 Å². The van der Waals surface area contributed by atoms with E-state index < -0.39 is 30.1 Å². The molecular weight excluding hydrogens is 236 g/mol. The van der Waals surface area contributed by atoms with E-state index in [1.54, 1.807) is 17.5 Å². The predicted octanol–water partition coefficient (Wildman–Crippen LogP) is -0.448. The summed E-state index contributed by atoms with van der Waals surface area (Å²) in [6.45, 7) is 0. The Morgan fingerprint density at radius 1 is 1.44 bits per heavy atom. The lowest BCUT2D eigenvalue weighted by Gasteiger charge is -2.25. The van der Waals surface area contributed by atoms with Gasteiger partial charge in [-0.3, -0.25) is 0 Å². The third kappa shape index (κ3) is 2.38. The van der Waals surface area contributed by atoms with Crippen molar-refractivity contribution < 1.29 is 30.0 Å². The summed E-state index contributed by atoms with van der Waals surface area (Å²) < 4.78 is 0. The first-order chi connectivity index (χ1) is 7.38. The van der Waals surface area contributed by atoms with Crippen molar-refractivity contribution >= 4 is 23.3 Å². The quantitative estimate of drug-likeness (QED) is 0.559. The second-order valence-electron chi connectivity index (χ2n) is 3.23. The second-order valence-corrected chi connectivity index (χ2v) is 4.26. The largest absolute Gasteiger partial charge is 0.479 e. The summed E-state index contributed by atoms with van der Waals surface area (Å²) in [5, 5.41) is 37.8. The lowest BCUT2D eigenvalue weighted by atomic mass is 9.92. The molecule has 2 atom stereocenters. The average molecular weight is 246 g/mol. The summed E-state index contributed by atoms with van der Waals surface area (Å²) in [5.74, 6) is -3.54. The lowest BCUT2D eigenvalue weighted by molar-refractivity contribution is -0.183. The molecule has 6 nitrogen and oxygen atoms in total. The Hall–Kier alpha value is -1.44. The van der Waals surface area contributed by atoms with Crippen LogP contribution in [0.25, 0.3) is 0 Å². The minimum Gasteiger partial charge on any atom is -0.479 e. The van der Waals surface area contributed by atoms with E-state index in [1.165, 1.54) is 11.3 Å². The van der Waals surface area contributed by atoms with E-state index in [4.69, 9.17) is 10.2 Å². The van der Waals surface area contributed by atoms with E-state index in [1.807, 2.05) is 0 Å². The van der Waals surface area contributed by atoms with Gasteiger partial charge < -0.3 is 20.4 Å². The SMILES string of the molecule is O=C(O)C(O)C(O)(Cc1cccs1)C(=O)O. The molecule has 0 saturated heterocycles. The highest BCUT2D eigenvalue weighted by Gasteiger charge is 2.48. The number of rotatable bonds is 5. The van der Waals surface area contributed by atoms with E-state index in [9.17, 15) is 19.8 Å². The molecule has 16 heavy (non-hydrogen) atoms. The highest BCUT2D eigenvalue weighted by atomic mass is 32.1. The van der Waals surface area contributed by atoms with Gasteiger partial charge in [-0.15, -0.1) is 11.3 Å². The summed E-state index contributed by atoms with van der Waals surface area (Å²) in [6, 6.07) is 3.18. The van der Waals surface area contributed by atoms with Crippen LogP contribution in [0.1, 0.15) is 4.88 Å². The molecule has 2 unspecified atom stereocenters. The molecular formula is C9H10O6S. The molecule has 0 aliphatic rings. The molecule has 0 aromatic carbocycles. The zero-order chi connectivity index (χ0) is 12.3. The smallest absolute Gasteiger partial charge is 0.339 e. The predicted molar refractivity (Wildman–Crippen MR) is 54.3 cm³/mol. The molecule has 0 spiro atoms. The number of hydrogen-bond donors (Lipinski definition) is 4. The van der Waals surface area contributed by atoms with E-state index >= 15 is 0 Å². The molecule has 1 aromatic rings. The molecule has 0 aliphatic heterocycles. The van der Waals surface area contributed by atoms with Crippen molar-refractivity contribution in [2.45, 2.75) is 18.1 Å². The minimum absolute atomic E-state index is 0.451. The Balaban J connectivity index is 2.97. The first kappa shape index (κ1) is 12.6. The van der Waals surface area contributed by atoms with Crippen LogP contribution in [0.3, 0.4) is 0 Å². The number of aliphatic carboxylic acids is 2. The van der Waals surface area contributed by atoms with Crippen LogP contribution in [0.15, 0.2) is 17.5 Å². The molecule has 0 saturated carbocycles. The number of thiophene rings is 1. The summed E-state index contributed by atoms with van der Waals surface area (Å²) in [7, 11) is 0. The number of aliphatic hydroxyl groups is 2. The molecule has 0 radical (unpaired) electrons. The van der Waals surface area contributed by atoms with Crippen molar-refractivity contribution in [3.05, 3.63) is 22.4 Å². The fraction of sp³-hybridized carbons (Fsp3) is 0.333. The van der Waals surface area contributed by atoms with Crippen molar-refractivity contribution in [3.63, 3.8) is 0 Å². The van der Waals surface area contributed by atoms with Crippen molar-refractivity contribution in [1.29, 1.82) is 0 Å². The zero-order valence-corrected chi connectivity index (χ0v) is 8.85. The van der Waals surface area contributed by atoms with Gasteiger partial charge in [-0.2, -0.15) is 0 Å². The Morgan fingerprint density at radius 2 is 2.06 bits per heavy atom. The van der Waals surface area contributed by atoms with Gasteiger partial charge in [0.2, 0.25) is 5.60 Å². The number of carboxylic acids is 2. The number of carbonyl (C=O) groups is 2. The zero-order valence-electron chi connectivity index (χ0n) is 8.03. The van der Waals surface area contributed by atoms with Gasteiger partial charge in [0.05, 0.1) is 0 Å². The number of hydrogen-bond acceptors (Lipinski definition) is 5. The Labute approximate surface area is 94.4 Å². The van der Waals surface area contributed by atoms with Crippen molar-refractivity contribution in [1.82, 2.24) is 0 Å². The molecule has 0 amide bonds. The van der Waals surface area contributed by atoms with E-state index in [-0.39, 0.29) is 0 Å². The highest BCUT2D eigenvalue weighted by Crippen LogP contribution is 2.21. The van der Waals surface area contributed by atoms with Gasteiger partial charge in [0.1, 0.15) is 0 Å². The number of aliphatic hydroxyl groups excluding tert-OH is 1. The Kier molecular flexibility index (Phi) is 3.63. The van der Waals surface area contributed by atoms with Crippen LogP contribution in [0, 0.1) is 0 Å². The second kappa shape index (κ2) is 4.60. The lowest BCUT2D eigenvalue weighted by Crippen LogP contribution is -2.54. The monoisotopic (exact) mass is 246 g/mol. The van der Waals surface area contributed by atoms with Crippen molar-refractivity contribution in [2.75, 3.05) is 0 Å². The van der Waals surface area contributed by atoms with Gasteiger partial charge in [0.25, 0.3) is 0 Å². The summed E-state index contributed by atoms with van der Waals surface area (Å²) in [4.78, 5) is 21.8. The van der Waals surface area contributed by atoms with Gasteiger partial charge in [-0.25, -0.2) is 9.59 Å². The maximum Gasteiger partial charge on any atom is 0.339 e. The maximum atomic E-state index is 10.8. The molecule has 7 heteroatoms. The highest BCUT2D eigenvalue weighted by molar-refractivity contribution is 7.09. The summed E-state index contributed by atoms with van der Waals surface area (Å²) in [5.41, 5.74) is -2.71. The molecule has 1 aromatic heterocycles. The molecule has 0 aliphatic carbocycles. The van der Waals surface area contributed by atoms with E-state index in [0.717, 1.165) is 0 Å². The fourth-order valence-electron chi connectivity index (χ4n) is 1.17. The van der Waals surface area contributed by atoms with Crippen molar-refractivity contribution in [2.24, 2.45) is 0 Å². The van der Waals surface area contributed by atoms with Crippen LogP contribution in [-0.2, 0) is 16.0 Å². The van der Waals surface area contributed by atoms with Crippen LogP contribution < -0.4 is 0 Å².